The van der Waals surface area contributed by atoms with Gasteiger partial charge in [0.05, 0.1) is 16.3 Å². The summed E-state index contributed by atoms with van der Waals surface area (Å²) in [5.41, 5.74) is 1.20. The third-order valence-corrected chi connectivity index (χ3v) is 3.49. The number of carbonyl (C=O) groups is 2. The first-order valence-corrected chi connectivity index (χ1v) is 7.20. The highest BCUT2D eigenvalue weighted by atomic mass is 35.5. The molecule has 2 rings (SSSR count). The number of phenolic OH excluding ortho intramolecular Hbond substituents is 1. The largest absolute Gasteiger partial charge is 0.507 e. The number of anilines is 1. The number of amides is 1. The van der Waals surface area contributed by atoms with E-state index in [1.54, 1.807) is 18.2 Å². The summed E-state index contributed by atoms with van der Waals surface area (Å²) in [5.74, 6) is -0.677. The van der Waals surface area contributed by atoms with Crippen molar-refractivity contribution >= 4 is 40.6 Å². The summed E-state index contributed by atoms with van der Waals surface area (Å²) in [7, 11) is 0. The number of phenols is 1. The number of hydrogen-bond donors (Lipinski definition) is 2. The first-order valence-electron chi connectivity index (χ1n) is 6.44. The number of benzene rings is 2. The molecule has 0 aliphatic heterocycles. The van der Waals surface area contributed by atoms with E-state index in [1.807, 2.05) is 0 Å². The average Bonchev–Trinajstić information content (AvgIpc) is 2.43. The summed E-state index contributed by atoms with van der Waals surface area (Å²) in [4.78, 5) is 23.2. The molecule has 1 amide bonds. The van der Waals surface area contributed by atoms with E-state index in [-0.39, 0.29) is 23.5 Å². The van der Waals surface area contributed by atoms with Crippen molar-refractivity contribution in [2.24, 2.45) is 0 Å². The molecule has 0 saturated heterocycles. The van der Waals surface area contributed by atoms with Gasteiger partial charge in [-0.2, -0.15) is 0 Å². The molecule has 0 saturated carbocycles. The molecule has 0 spiro atoms. The highest BCUT2D eigenvalue weighted by molar-refractivity contribution is 6.34. The lowest BCUT2D eigenvalue weighted by molar-refractivity contribution is -0.116. The lowest BCUT2D eigenvalue weighted by atomic mass is 10.1. The second-order valence-electron chi connectivity index (χ2n) is 4.81. The van der Waals surface area contributed by atoms with Crippen LogP contribution in [0.25, 0.3) is 0 Å². The maximum absolute atomic E-state index is 12.2. The number of rotatable bonds is 4. The zero-order chi connectivity index (χ0) is 16.3. The Morgan fingerprint density at radius 1 is 1.14 bits per heavy atom. The van der Waals surface area contributed by atoms with Crippen molar-refractivity contribution in [2.45, 2.75) is 13.3 Å². The van der Waals surface area contributed by atoms with Crippen LogP contribution in [-0.2, 0) is 11.2 Å². The molecule has 22 heavy (non-hydrogen) atoms. The van der Waals surface area contributed by atoms with Crippen LogP contribution >= 0.6 is 23.2 Å². The van der Waals surface area contributed by atoms with E-state index in [4.69, 9.17) is 23.2 Å². The van der Waals surface area contributed by atoms with E-state index in [0.717, 1.165) is 5.56 Å². The average molecular weight is 338 g/mol. The van der Waals surface area contributed by atoms with Gasteiger partial charge in [-0.3, -0.25) is 9.59 Å². The first-order chi connectivity index (χ1) is 10.4. The van der Waals surface area contributed by atoms with Gasteiger partial charge in [-0.25, -0.2) is 0 Å². The van der Waals surface area contributed by atoms with Crippen LogP contribution in [0.15, 0.2) is 36.4 Å². The topological polar surface area (TPSA) is 66.4 Å². The number of carbonyl (C=O) groups excluding carboxylic acids is 2. The fraction of sp³-hybridized carbons (Fsp3) is 0.125. The monoisotopic (exact) mass is 337 g/mol. The fourth-order valence-corrected chi connectivity index (χ4v) is 2.36. The Morgan fingerprint density at radius 2 is 1.86 bits per heavy atom. The Hall–Kier alpha value is -2.04. The zero-order valence-corrected chi connectivity index (χ0v) is 13.2. The van der Waals surface area contributed by atoms with Gasteiger partial charge < -0.3 is 10.4 Å². The van der Waals surface area contributed by atoms with Crippen LogP contribution in [0.5, 0.6) is 5.75 Å². The highest BCUT2D eigenvalue weighted by Crippen LogP contribution is 2.26. The Bertz CT molecular complexity index is 744. The Morgan fingerprint density at radius 3 is 2.50 bits per heavy atom. The maximum Gasteiger partial charge on any atom is 0.259 e. The van der Waals surface area contributed by atoms with Gasteiger partial charge in [0.25, 0.3) is 5.91 Å². The molecule has 0 fully saturated rings. The lowest BCUT2D eigenvalue weighted by Gasteiger charge is -2.10. The Balaban J connectivity index is 2.21. The Labute approximate surface area is 137 Å². The van der Waals surface area contributed by atoms with Crippen LogP contribution < -0.4 is 5.32 Å². The van der Waals surface area contributed by atoms with Crippen molar-refractivity contribution in [3.8, 4) is 5.75 Å². The molecule has 0 unspecified atom stereocenters. The van der Waals surface area contributed by atoms with Crippen molar-refractivity contribution in [3.05, 3.63) is 57.6 Å². The van der Waals surface area contributed by atoms with Crippen LogP contribution in [0.1, 0.15) is 22.8 Å². The molecule has 6 heteroatoms. The van der Waals surface area contributed by atoms with E-state index in [1.165, 1.54) is 25.1 Å². The molecule has 0 bridgehead atoms. The third-order valence-electron chi connectivity index (χ3n) is 2.94. The summed E-state index contributed by atoms with van der Waals surface area (Å²) < 4.78 is 0. The number of Topliss-reactive ketones (excluding diaryl/α,β-unsaturated/α-hetero) is 1. The van der Waals surface area contributed by atoms with Crippen molar-refractivity contribution in [2.75, 3.05) is 5.32 Å². The quantitative estimate of drug-likeness (QED) is 0.883. The van der Waals surface area contributed by atoms with Gasteiger partial charge in [0.1, 0.15) is 11.5 Å². The van der Waals surface area contributed by atoms with E-state index in [0.29, 0.717) is 15.7 Å². The van der Waals surface area contributed by atoms with E-state index >= 15 is 0 Å². The standard InChI is InChI=1S/C16H13Cl2NO3/c1-9(20)6-10-2-4-14(13(18)7-10)19-16(22)12-8-11(17)3-5-15(12)21/h2-5,7-8,21H,6H2,1H3,(H,19,22). The summed E-state index contributed by atoms with van der Waals surface area (Å²) in [6.45, 7) is 1.49. The van der Waals surface area contributed by atoms with E-state index in [2.05, 4.69) is 5.32 Å². The van der Waals surface area contributed by atoms with Gasteiger partial charge in [-0.15, -0.1) is 0 Å². The van der Waals surface area contributed by atoms with Crippen molar-refractivity contribution in [1.82, 2.24) is 0 Å². The third kappa shape index (κ3) is 4.00. The van der Waals surface area contributed by atoms with Gasteiger partial charge in [-0.1, -0.05) is 29.3 Å². The second kappa shape index (κ2) is 6.81. The molecule has 2 aromatic rings. The number of hydrogen-bond acceptors (Lipinski definition) is 3. The minimum absolute atomic E-state index is 0.0247. The molecule has 0 aliphatic rings. The van der Waals surface area contributed by atoms with Gasteiger partial charge in [0, 0.05) is 11.4 Å². The number of ketones is 1. The van der Waals surface area contributed by atoms with Gasteiger partial charge in [0.15, 0.2) is 0 Å². The number of halogens is 2. The molecule has 0 heterocycles. The molecule has 0 aromatic heterocycles. The van der Waals surface area contributed by atoms with Crippen LogP contribution in [0.3, 0.4) is 0 Å². The van der Waals surface area contributed by atoms with Crippen LogP contribution in [0.2, 0.25) is 10.0 Å². The summed E-state index contributed by atoms with van der Waals surface area (Å²) >= 11 is 11.9. The number of aromatic hydroxyl groups is 1. The van der Waals surface area contributed by atoms with Crippen molar-refractivity contribution in [3.63, 3.8) is 0 Å². The summed E-state index contributed by atoms with van der Waals surface area (Å²) in [6.07, 6.45) is 0.281. The normalized spacial score (nSPS) is 10.3. The zero-order valence-electron chi connectivity index (χ0n) is 11.7. The molecule has 0 atom stereocenters. The minimum Gasteiger partial charge on any atom is -0.507 e. The van der Waals surface area contributed by atoms with E-state index < -0.39 is 5.91 Å². The molecule has 0 radical (unpaired) electrons. The molecular formula is C16H13Cl2NO3. The van der Waals surface area contributed by atoms with Crippen molar-refractivity contribution in [1.29, 1.82) is 0 Å². The molecule has 2 N–H and O–H groups in total. The molecule has 2 aromatic carbocycles. The van der Waals surface area contributed by atoms with Gasteiger partial charge in [-0.05, 0) is 42.8 Å². The van der Waals surface area contributed by atoms with Gasteiger partial charge in [0.2, 0.25) is 0 Å². The molecule has 114 valence electrons. The smallest absolute Gasteiger partial charge is 0.259 e. The second-order valence-corrected chi connectivity index (χ2v) is 5.65. The van der Waals surface area contributed by atoms with Crippen molar-refractivity contribution < 1.29 is 14.7 Å². The van der Waals surface area contributed by atoms with Crippen LogP contribution in [0, 0.1) is 0 Å². The molecular weight excluding hydrogens is 325 g/mol. The summed E-state index contributed by atoms with van der Waals surface area (Å²) in [5, 5.41) is 13.0. The molecule has 4 nitrogen and oxygen atoms in total. The SMILES string of the molecule is CC(=O)Cc1ccc(NC(=O)c2cc(Cl)ccc2O)c(Cl)c1. The van der Waals surface area contributed by atoms with Gasteiger partial charge >= 0.3 is 0 Å². The highest BCUT2D eigenvalue weighted by Gasteiger charge is 2.14. The summed E-state index contributed by atoms with van der Waals surface area (Å²) in [6, 6.07) is 9.13. The maximum atomic E-state index is 12.2. The predicted molar refractivity (Wildman–Crippen MR) is 86.9 cm³/mol. The van der Waals surface area contributed by atoms with Crippen LogP contribution in [-0.4, -0.2) is 16.8 Å². The Kier molecular flexibility index (Phi) is 5.06. The fourth-order valence-electron chi connectivity index (χ4n) is 1.94. The number of nitrogens with one attached hydrogen (secondary N) is 1. The van der Waals surface area contributed by atoms with E-state index in [9.17, 15) is 14.7 Å². The molecule has 0 aliphatic carbocycles. The lowest BCUT2D eigenvalue weighted by Crippen LogP contribution is -2.12. The first kappa shape index (κ1) is 16.3. The van der Waals surface area contributed by atoms with Crippen LogP contribution in [0.4, 0.5) is 5.69 Å². The minimum atomic E-state index is -0.527. The predicted octanol–water partition coefficient (Wildman–Crippen LogP) is 4.08.